The molecule has 16 heteroatoms. The molecule has 0 atom stereocenters. The van der Waals surface area contributed by atoms with E-state index in [2.05, 4.69) is 21.1 Å². The van der Waals surface area contributed by atoms with Crippen molar-refractivity contribution >= 4 is 59.5 Å². The van der Waals surface area contributed by atoms with E-state index >= 15 is 0 Å². The van der Waals surface area contributed by atoms with Gasteiger partial charge in [0, 0.05) is 22.3 Å². The molecule has 4 aromatic rings. The summed E-state index contributed by atoms with van der Waals surface area (Å²) >= 11 is 0. The Morgan fingerprint density at radius 1 is 0.620 bits per heavy atom. The van der Waals surface area contributed by atoms with Crippen LogP contribution in [0.4, 0.5) is 5.69 Å². The zero-order chi connectivity index (χ0) is 34.4. The SMILES string of the molecule is Cc1cccc(-c2ccc(NNC3=C/C(=N/N=C4\C=C(S(=O)(=O)[O-])c5ccccc5C4=O)C(=O)c4cccc(S(=O)(=O)[O-])c43)c(C)c2)c1.[Na+].[Na+]. The third-order valence-electron chi connectivity index (χ3n) is 7.71. The summed E-state index contributed by atoms with van der Waals surface area (Å²) in [6, 6.07) is 22.8. The zero-order valence-corrected chi connectivity index (χ0v) is 32.8. The number of benzene rings is 4. The Kier molecular flexibility index (Phi) is 12.1. The van der Waals surface area contributed by atoms with E-state index in [4.69, 9.17) is 0 Å². The number of allylic oxidation sites excluding steroid dienone is 2. The van der Waals surface area contributed by atoms with Crippen molar-refractivity contribution in [3.63, 3.8) is 0 Å². The van der Waals surface area contributed by atoms with Crippen LogP contribution in [0.1, 0.15) is 43.0 Å². The molecule has 0 bridgehead atoms. The maximum atomic E-state index is 13.5. The van der Waals surface area contributed by atoms with Crippen LogP contribution < -0.4 is 70.0 Å². The first-order valence-electron chi connectivity index (χ1n) is 14.2. The first-order valence-corrected chi connectivity index (χ1v) is 17.1. The van der Waals surface area contributed by atoms with Gasteiger partial charge in [0.05, 0.1) is 21.2 Å². The van der Waals surface area contributed by atoms with Gasteiger partial charge in [0.1, 0.15) is 31.7 Å². The second kappa shape index (κ2) is 15.4. The quantitative estimate of drug-likeness (QED) is 0.130. The van der Waals surface area contributed by atoms with Crippen molar-refractivity contribution in [3.8, 4) is 11.1 Å². The van der Waals surface area contributed by atoms with Crippen LogP contribution in [0.5, 0.6) is 0 Å². The van der Waals surface area contributed by atoms with E-state index in [9.17, 15) is 35.5 Å². The second-order valence-corrected chi connectivity index (χ2v) is 13.7. The smallest absolute Gasteiger partial charge is 0.744 e. The summed E-state index contributed by atoms with van der Waals surface area (Å²) in [6.07, 6.45) is 1.93. The Morgan fingerprint density at radius 2 is 1.22 bits per heavy atom. The molecule has 4 aromatic carbocycles. The minimum absolute atomic E-state index is 0. The molecule has 0 fully saturated rings. The Hall–Kier alpha value is -3.54. The van der Waals surface area contributed by atoms with Crippen molar-refractivity contribution in [2.75, 3.05) is 5.43 Å². The van der Waals surface area contributed by atoms with E-state index < -0.39 is 47.3 Å². The van der Waals surface area contributed by atoms with E-state index in [1.165, 1.54) is 36.4 Å². The summed E-state index contributed by atoms with van der Waals surface area (Å²) in [6.45, 7) is 3.85. The number of hydrogen-bond donors (Lipinski definition) is 2. The third-order valence-corrected chi connectivity index (χ3v) is 9.46. The summed E-state index contributed by atoms with van der Waals surface area (Å²) in [7, 11) is -10.1. The van der Waals surface area contributed by atoms with Crippen molar-refractivity contribution in [1.29, 1.82) is 0 Å². The normalized spacial score (nSPS) is 15.6. The molecule has 0 amide bonds. The molecule has 0 aromatic heterocycles. The van der Waals surface area contributed by atoms with Gasteiger partial charge in [-0.05, 0) is 60.9 Å². The number of hydrazine groups is 1. The number of nitrogens with zero attached hydrogens (tertiary/aromatic N) is 2. The molecule has 0 saturated heterocycles. The van der Waals surface area contributed by atoms with Gasteiger partial charge >= 0.3 is 59.1 Å². The largest absolute Gasteiger partial charge is 1.00 e. The molecule has 6 rings (SSSR count). The Balaban J connectivity index is 0.00000281. The number of fused-ring (bicyclic) bond motifs is 2. The van der Waals surface area contributed by atoms with Crippen LogP contribution in [0.2, 0.25) is 0 Å². The summed E-state index contributed by atoms with van der Waals surface area (Å²) < 4.78 is 72.7. The molecular formula is C34H24N4Na2O8S2. The van der Waals surface area contributed by atoms with E-state index in [0.29, 0.717) is 5.69 Å². The number of carbonyl (C=O) groups excluding carboxylic acids is 2. The van der Waals surface area contributed by atoms with Crippen LogP contribution in [0.15, 0.2) is 112 Å². The van der Waals surface area contributed by atoms with Crippen LogP contribution in [0.3, 0.4) is 0 Å². The minimum atomic E-state index is -5.05. The molecule has 0 saturated carbocycles. The number of Topliss-reactive ketones (excluding diaryl/α,β-unsaturated/α-hetero) is 2. The van der Waals surface area contributed by atoms with Crippen molar-refractivity contribution in [3.05, 3.63) is 130 Å². The molecule has 2 N–H and O–H groups in total. The van der Waals surface area contributed by atoms with Crippen molar-refractivity contribution in [2.24, 2.45) is 10.2 Å². The van der Waals surface area contributed by atoms with Gasteiger partial charge in [-0.2, -0.15) is 0 Å². The number of ketones is 2. The Bertz CT molecular complexity index is 2420. The van der Waals surface area contributed by atoms with Crippen molar-refractivity contribution in [2.45, 2.75) is 18.7 Å². The molecule has 0 heterocycles. The standard InChI is InChI=1S/C34H26N4O8S2.2Na/c1-19-7-5-8-21(15-19)22-13-14-26(20(2)16-22)35-36-27-17-28(34(40)25-11-6-12-30(32(25)27)47(41,42)43)37-38-29-18-31(48(44,45)46)23-9-3-4-10-24(23)33(29)39;;/h3-18,35-36H,1-2H3,(H,41,42,43)(H,44,45,46);;/q;2*+1/p-2/b37-28-,38-29+;;. The number of anilines is 1. The van der Waals surface area contributed by atoms with E-state index in [-0.39, 0.29) is 92.8 Å². The Morgan fingerprint density at radius 3 is 1.86 bits per heavy atom. The van der Waals surface area contributed by atoms with Gasteiger partial charge in [0.2, 0.25) is 11.6 Å². The molecule has 0 unspecified atom stereocenters. The molecule has 2 aliphatic carbocycles. The van der Waals surface area contributed by atoms with Gasteiger partial charge in [-0.25, -0.2) is 16.8 Å². The van der Waals surface area contributed by atoms with Crippen LogP contribution in [0, 0.1) is 13.8 Å². The van der Waals surface area contributed by atoms with Crippen LogP contribution in [0.25, 0.3) is 21.7 Å². The first-order chi connectivity index (χ1) is 22.7. The van der Waals surface area contributed by atoms with Crippen LogP contribution in [-0.4, -0.2) is 48.9 Å². The summed E-state index contributed by atoms with van der Waals surface area (Å²) in [4.78, 5) is 25.3. The van der Waals surface area contributed by atoms with E-state index in [1.54, 1.807) is 6.07 Å². The predicted molar refractivity (Wildman–Crippen MR) is 178 cm³/mol. The molecule has 12 nitrogen and oxygen atoms in total. The number of hydrogen-bond acceptors (Lipinski definition) is 12. The summed E-state index contributed by atoms with van der Waals surface area (Å²) in [5, 5.41) is 7.75. The molecule has 0 spiro atoms. The first kappa shape index (κ1) is 39.2. The average molecular weight is 727 g/mol. The zero-order valence-electron chi connectivity index (χ0n) is 27.2. The third kappa shape index (κ3) is 8.00. The van der Waals surface area contributed by atoms with E-state index in [0.717, 1.165) is 40.5 Å². The molecule has 0 aliphatic heterocycles. The molecule has 242 valence electrons. The summed E-state index contributed by atoms with van der Waals surface area (Å²) in [5.74, 6) is -1.56. The number of rotatable bonds is 7. The molecule has 0 radical (unpaired) electrons. The van der Waals surface area contributed by atoms with E-state index in [1.807, 2.05) is 50.2 Å². The Labute approximate surface area is 332 Å². The molecule has 2 aliphatic rings. The number of nitrogens with one attached hydrogen (secondary N) is 2. The van der Waals surface area contributed by atoms with Crippen LogP contribution in [-0.2, 0) is 20.2 Å². The summed E-state index contributed by atoms with van der Waals surface area (Å²) in [5.41, 5.74) is 8.86. The molecular weight excluding hydrogens is 703 g/mol. The minimum Gasteiger partial charge on any atom is -0.744 e. The fourth-order valence-corrected chi connectivity index (χ4v) is 6.84. The van der Waals surface area contributed by atoms with Gasteiger partial charge in [0.25, 0.3) is 0 Å². The average Bonchev–Trinajstić information content (AvgIpc) is 3.04. The number of carbonyl (C=O) groups is 2. The van der Waals surface area contributed by atoms with Crippen molar-refractivity contribution < 1.29 is 94.6 Å². The maximum absolute atomic E-state index is 13.5. The van der Waals surface area contributed by atoms with Gasteiger partial charge in [-0.15, -0.1) is 10.2 Å². The topological polar surface area (TPSA) is 197 Å². The van der Waals surface area contributed by atoms with Gasteiger partial charge in [0.15, 0.2) is 0 Å². The second-order valence-electron chi connectivity index (χ2n) is 11.0. The number of aryl methyl sites for hydroxylation is 2. The van der Waals surface area contributed by atoms with Gasteiger partial charge < -0.3 is 20.0 Å². The van der Waals surface area contributed by atoms with Crippen molar-refractivity contribution in [1.82, 2.24) is 5.43 Å². The predicted octanol–water partition coefficient (Wildman–Crippen LogP) is -1.38. The maximum Gasteiger partial charge on any atom is 1.00 e. The fraction of sp³-hybridized carbons (Fsp3) is 0.0588. The fourth-order valence-electron chi connectivity index (χ4n) is 5.42. The van der Waals surface area contributed by atoms with Gasteiger partial charge in [-0.1, -0.05) is 72.3 Å². The van der Waals surface area contributed by atoms with Crippen LogP contribution >= 0.6 is 0 Å². The molecule has 50 heavy (non-hydrogen) atoms. The van der Waals surface area contributed by atoms with Gasteiger partial charge in [-0.3, -0.25) is 9.59 Å². The monoisotopic (exact) mass is 726 g/mol.